The van der Waals surface area contributed by atoms with E-state index in [4.69, 9.17) is 71.1 Å². The van der Waals surface area contributed by atoms with Crippen LogP contribution in [0.3, 0.4) is 0 Å². The molecule has 8 heterocycles. The Hall–Kier alpha value is -3.58. The molecule has 0 spiro atoms. The van der Waals surface area contributed by atoms with E-state index in [1.807, 2.05) is 13.8 Å². The molecule has 0 radical (unpaired) electrons. The van der Waals surface area contributed by atoms with E-state index in [-0.39, 0.29) is 44.8 Å². The van der Waals surface area contributed by atoms with Gasteiger partial charge in [0.25, 0.3) is 5.79 Å². The van der Waals surface area contributed by atoms with E-state index in [1.54, 1.807) is 20.8 Å². The number of aliphatic hydroxyl groups excluding tert-OH is 16. The molecule has 4 saturated carbocycles. The highest BCUT2D eigenvalue weighted by molar-refractivity contribution is 5.80. The number of carboxylic acids is 1. The Bertz CT molecular complexity index is 3430. The predicted molar refractivity (Wildman–Crippen MR) is 372 cm³/mol. The van der Waals surface area contributed by atoms with Crippen molar-refractivity contribution in [1.82, 2.24) is 4.90 Å². The van der Waals surface area contributed by atoms with Gasteiger partial charge in [-0.3, -0.25) is 4.79 Å². The molecule has 0 aromatic heterocycles. The normalized spacial score (nSPS) is 53.5. The molecule has 5 aliphatic carbocycles. The molecule has 13 rings (SSSR count). The number of carbonyl (C=O) groups is 4. The molecule has 38 heteroatoms. The lowest BCUT2D eigenvalue weighted by Crippen LogP contribution is -2.84. The lowest BCUT2D eigenvalue weighted by Gasteiger charge is -2.71. The highest BCUT2D eigenvalue weighted by atomic mass is 16.8. The van der Waals surface area contributed by atoms with Gasteiger partial charge in [0.15, 0.2) is 49.8 Å². The predicted octanol–water partition coefficient (Wildman–Crippen LogP) is -5.07. The van der Waals surface area contributed by atoms with Crippen LogP contribution in [-0.4, -0.2) is 375 Å². The number of likely N-dealkylation sites (N-methyl/N-ethyl adjacent to an activating group) is 1. The average molecular weight is 1620 g/mol. The van der Waals surface area contributed by atoms with Crippen LogP contribution in [0.1, 0.15) is 127 Å². The summed E-state index contributed by atoms with van der Waals surface area (Å²) in [4.78, 5) is 58.3. The van der Waals surface area contributed by atoms with Crippen LogP contribution in [0.4, 0.5) is 4.79 Å². The molecule has 644 valence electrons. The zero-order valence-electron chi connectivity index (χ0n) is 64.9. The molecule has 1 amide bonds. The highest BCUT2D eigenvalue weighted by Crippen LogP contribution is 2.76. The number of hydrogen-bond acceptors (Lipinski definition) is 36. The van der Waals surface area contributed by atoms with Crippen molar-refractivity contribution in [3.05, 3.63) is 11.6 Å². The molecule has 8 aliphatic heterocycles. The van der Waals surface area contributed by atoms with E-state index in [2.05, 4.69) is 26.8 Å². The molecule has 8 saturated heterocycles. The number of hydrogen-bond donors (Lipinski definition) is 18. The Labute approximate surface area is 651 Å². The summed E-state index contributed by atoms with van der Waals surface area (Å²) in [5, 5.41) is 204. The lowest BCUT2D eigenvalue weighted by molar-refractivity contribution is -0.474. The molecule has 13 aliphatic rings. The number of amides is 1. The van der Waals surface area contributed by atoms with Gasteiger partial charge in [-0.05, 0) is 117 Å². The topological polar surface area (TPSA) is 574 Å². The number of nitrogens with zero attached hydrogens (tertiary/aromatic N) is 1. The number of carboxylic acid groups (broad SMARTS) is 1. The van der Waals surface area contributed by atoms with E-state index < -0.39 is 296 Å². The summed E-state index contributed by atoms with van der Waals surface area (Å²) in [6.45, 7) is 13.4. The fraction of sp³-hybridized carbons (Fsp3) is 0.920. The maximum Gasteiger partial charge on any atom is 0.409 e. The van der Waals surface area contributed by atoms with Crippen molar-refractivity contribution in [3.8, 4) is 0 Å². The first kappa shape index (κ1) is 87.2. The van der Waals surface area contributed by atoms with Crippen molar-refractivity contribution < 1.29 is 182 Å². The smallest absolute Gasteiger partial charge is 0.409 e. The third kappa shape index (κ3) is 14.2. The number of rotatable bonds is 20. The maximum absolute atomic E-state index is 16.6. The third-order valence-electron chi connectivity index (χ3n) is 28.9. The van der Waals surface area contributed by atoms with Crippen LogP contribution >= 0.6 is 0 Å². The van der Waals surface area contributed by atoms with E-state index in [1.165, 1.54) is 14.0 Å². The number of aliphatic carboxylic acids is 1. The first-order valence-corrected chi connectivity index (χ1v) is 39.5. The molecule has 0 aromatic rings. The molecule has 38 nitrogen and oxygen atoms in total. The minimum absolute atomic E-state index is 0.0234. The molecule has 19 unspecified atom stereocenters. The monoisotopic (exact) mass is 1620 g/mol. The molecule has 0 aromatic carbocycles. The molecule has 18 N–H and O–H groups in total. The Kier molecular flexibility index (Phi) is 24.8. The van der Waals surface area contributed by atoms with Gasteiger partial charge in [0, 0.05) is 7.05 Å². The summed E-state index contributed by atoms with van der Waals surface area (Å²) >= 11 is 0. The molecular weight excluding hydrogens is 1510 g/mol. The summed E-state index contributed by atoms with van der Waals surface area (Å²) in [5.41, 5.74) is -7.09. The van der Waals surface area contributed by atoms with E-state index >= 15 is 4.79 Å². The van der Waals surface area contributed by atoms with Gasteiger partial charge in [-0.2, -0.15) is 0 Å². The number of aldehydes is 1. The van der Waals surface area contributed by atoms with Crippen LogP contribution < -0.4 is 0 Å². The maximum atomic E-state index is 16.6. The summed E-state index contributed by atoms with van der Waals surface area (Å²) in [5.74, 6) is -7.07. The number of allylic oxidation sites excluding steroid dienone is 2. The van der Waals surface area contributed by atoms with Crippen molar-refractivity contribution in [3.63, 3.8) is 0 Å². The molecular formula is C75H117NO37. The number of fused-ring (bicyclic) bond motifs is 8. The molecule has 113 heavy (non-hydrogen) atoms. The van der Waals surface area contributed by atoms with Crippen LogP contribution in [0.2, 0.25) is 0 Å². The standard InChI is InChI=1S/C75H117NO37/c1-11-73(98)28-102-65(57(73)93)108-52-33(81)26-101-62(50(52)92)107-51-29(3)103-58(46(88)45(51)87)75(59-54(112-75)43(85)40(34(23-77)104-59)76(10)67(97)99-12-2)113-66(96)74-20-19-68(4,5)21-31(74)30-13-14-37-69(6)17-16-39(70(7,27-79)36(69)15-18-71(37,8)72(30,9)22-38(74)82)106-64-56(111-63-48(90)44(86)42(84)35(24-78)105-63)53(49(91)55(110-64)60(94)95)109-61-47(89)41(83)32(80)25-100-61/h13,27,29,31-59,61-65,77-78,80-93,98H,11-12,14-26,28H2,1-10H3,(H,94,95)/t29?,31?,32-,33-,34?,35?,36-,37?,38?,39+,40+,41+,42+,43?,44+,45?,46?,47?,48?,49+,50?,51+,52?,53+,54?,55?,56?,57?,58-,59-,61+,62+,63+,64-,65+,69?,70-,71+,72-,73+,74-,75?/m1/s1. The first-order valence-electron chi connectivity index (χ1n) is 39.5. The number of ether oxygens (including phenoxy) is 15. The van der Waals surface area contributed by atoms with Crippen LogP contribution in [0.15, 0.2) is 11.6 Å². The van der Waals surface area contributed by atoms with Gasteiger partial charge in [0.2, 0.25) is 0 Å². The van der Waals surface area contributed by atoms with Crippen molar-refractivity contribution in [2.24, 2.45) is 50.2 Å². The minimum Gasteiger partial charge on any atom is -0.479 e. The van der Waals surface area contributed by atoms with Gasteiger partial charge in [-0.15, -0.1) is 0 Å². The van der Waals surface area contributed by atoms with Crippen molar-refractivity contribution in [1.29, 1.82) is 0 Å². The molecule has 12 fully saturated rings. The second-order valence-electron chi connectivity index (χ2n) is 35.6. The number of esters is 1. The van der Waals surface area contributed by atoms with Gasteiger partial charge >= 0.3 is 18.0 Å². The van der Waals surface area contributed by atoms with E-state index in [0.717, 1.165) is 16.8 Å². The highest BCUT2D eigenvalue weighted by Gasteiger charge is 2.78. The van der Waals surface area contributed by atoms with Crippen molar-refractivity contribution in [2.75, 3.05) is 46.7 Å². The molecule has 42 atom stereocenters. The van der Waals surface area contributed by atoms with E-state index in [0.29, 0.717) is 38.5 Å². The van der Waals surface area contributed by atoms with Gasteiger partial charge in [-0.25, -0.2) is 9.59 Å². The SMILES string of the molecule is CCOC(=O)N(C)[C@H]1C(CO)O[C@@H]2C(OC2(OC(=O)[C@]23CCC(C)(C)CC2C2=CCC4C5(C)CC[C@H](O[C@@H]6OC(C(=O)O)[C@@H](O)[C@H](O[C@@H]7OC[C@@H](O)[C@H](O)C7O)C6O[C@@H]6OC(CO)[C@H](O)[C@H](O)C6O)[C@](C)(C=O)[C@@H]5CC[C@]4(C)[C@]2(C)CC3O)[C@@H]2OC(C)[C@H](O[C@@H]3OC[C@@H](O)C(O[C@@H]4OC[C@@](O)(CC)C4O)C3O)C(O)C2O)C1O. The minimum atomic E-state index is -2.67. The Morgan fingerprint density at radius 1 is 0.611 bits per heavy atom. The summed E-state index contributed by atoms with van der Waals surface area (Å²) in [7, 11) is 1.31. The fourth-order valence-corrected chi connectivity index (χ4v) is 22.0. The zero-order chi connectivity index (χ0) is 82.4. The van der Waals surface area contributed by atoms with Crippen molar-refractivity contribution in [2.45, 2.75) is 334 Å². The third-order valence-corrected chi connectivity index (χ3v) is 28.9. The van der Waals surface area contributed by atoms with Gasteiger partial charge in [-0.1, -0.05) is 60.1 Å². The first-order chi connectivity index (χ1) is 53.1. The Balaban J connectivity index is 0.797. The Morgan fingerprint density at radius 2 is 1.26 bits per heavy atom. The average Bonchev–Trinajstić information content (AvgIpc) is 0.957. The zero-order valence-corrected chi connectivity index (χ0v) is 64.9. The fourth-order valence-electron chi connectivity index (χ4n) is 22.0. The summed E-state index contributed by atoms with van der Waals surface area (Å²) < 4.78 is 91.5. The number of carbonyl (C=O) groups excluding carboxylic acids is 3. The van der Waals surface area contributed by atoms with Crippen LogP contribution in [0, 0.1) is 50.2 Å². The van der Waals surface area contributed by atoms with Gasteiger partial charge < -0.3 is 173 Å². The van der Waals surface area contributed by atoms with E-state index in [9.17, 15) is 106 Å². The van der Waals surface area contributed by atoms with Crippen LogP contribution in [0.25, 0.3) is 0 Å². The van der Waals surface area contributed by atoms with Crippen molar-refractivity contribution >= 4 is 24.3 Å². The van der Waals surface area contributed by atoms with Crippen LogP contribution in [-0.2, 0) is 85.4 Å². The summed E-state index contributed by atoms with van der Waals surface area (Å²) in [6.07, 6.45) is -51.2. The second-order valence-corrected chi connectivity index (χ2v) is 35.6. The quantitative estimate of drug-likeness (QED) is 0.0235. The molecule has 0 bridgehead atoms. The van der Waals surface area contributed by atoms with Gasteiger partial charge in [0.1, 0.15) is 139 Å². The van der Waals surface area contributed by atoms with Gasteiger partial charge in [0.05, 0.1) is 69.4 Å². The second kappa shape index (κ2) is 32.1. The largest absolute Gasteiger partial charge is 0.479 e. The number of aliphatic hydroxyl groups is 17. The van der Waals surface area contributed by atoms with Crippen LogP contribution in [0.5, 0.6) is 0 Å². The lowest BCUT2D eigenvalue weighted by atomic mass is 9.33. The summed E-state index contributed by atoms with van der Waals surface area (Å²) in [6, 6.07) is -1.35. The Morgan fingerprint density at radius 3 is 1.90 bits per heavy atom.